The molecular weight excluding hydrogens is 234 g/mol. The second kappa shape index (κ2) is 6.58. The van der Waals surface area contributed by atoms with Gasteiger partial charge in [0.2, 0.25) is 0 Å². The van der Waals surface area contributed by atoms with Crippen molar-refractivity contribution in [3.63, 3.8) is 0 Å². The largest absolute Gasteiger partial charge is 0.378 e. The fraction of sp³-hybridized carbons (Fsp3) is 1.00. The van der Waals surface area contributed by atoms with Gasteiger partial charge < -0.3 is 10.1 Å². The molecule has 0 heterocycles. The molecule has 2 rings (SSSR count). The Balaban J connectivity index is 1.70. The predicted octanol–water partition coefficient (Wildman–Crippen LogP) is 4.00. The minimum atomic E-state index is 0.475. The lowest BCUT2D eigenvalue weighted by Gasteiger charge is -2.39. The van der Waals surface area contributed by atoms with Crippen LogP contribution >= 0.6 is 0 Å². The zero-order chi connectivity index (χ0) is 13.9. The number of hydrogen-bond acceptors (Lipinski definition) is 2. The number of hydrogen-bond donors (Lipinski definition) is 1. The first-order valence-corrected chi connectivity index (χ1v) is 8.29. The van der Waals surface area contributed by atoms with Gasteiger partial charge >= 0.3 is 0 Å². The van der Waals surface area contributed by atoms with E-state index >= 15 is 0 Å². The molecular formula is C17H33NO. The Morgan fingerprint density at radius 1 is 1.21 bits per heavy atom. The fourth-order valence-corrected chi connectivity index (χ4v) is 4.53. The van der Waals surface area contributed by atoms with Crippen molar-refractivity contribution in [3.05, 3.63) is 0 Å². The monoisotopic (exact) mass is 267 g/mol. The lowest BCUT2D eigenvalue weighted by atomic mass is 9.71. The standard InChI is InChI=1S/C17H33NO/c1-13-10-15(12-17(2,3)11-13)19-9-8-14-6-5-7-16(14)18-4/h13-16,18H,5-12H2,1-4H3. The molecule has 1 N–H and O–H groups in total. The average Bonchev–Trinajstić information content (AvgIpc) is 2.73. The van der Waals surface area contributed by atoms with Crippen molar-refractivity contribution in [1.82, 2.24) is 5.32 Å². The summed E-state index contributed by atoms with van der Waals surface area (Å²) >= 11 is 0. The van der Waals surface area contributed by atoms with Crippen LogP contribution in [0.3, 0.4) is 0 Å². The summed E-state index contributed by atoms with van der Waals surface area (Å²) in [6.45, 7) is 8.14. The molecule has 4 unspecified atom stereocenters. The van der Waals surface area contributed by atoms with Gasteiger partial charge in [0.05, 0.1) is 6.10 Å². The van der Waals surface area contributed by atoms with Crippen molar-refractivity contribution < 1.29 is 4.74 Å². The SMILES string of the molecule is CNC1CCCC1CCOC1CC(C)CC(C)(C)C1. The summed E-state index contributed by atoms with van der Waals surface area (Å²) in [5.41, 5.74) is 0.475. The van der Waals surface area contributed by atoms with E-state index in [1.807, 2.05) is 0 Å². The van der Waals surface area contributed by atoms with Crippen LogP contribution in [0, 0.1) is 17.3 Å². The van der Waals surface area contributed by atoms with Crippen LogP contribution in [0.25, 0.3) is 0 Å². The molecule has 0 saturated heterocycles. The molecule has 0 aromatic rings. The van der Waals surface area contributed by atoms with Crippen molar-refractivity contribution in [2.45, 2.75) is 77.9 Å². The first kappa shape index (κ1) is 15.3. The molecule has 0 aromatic heterocycles. The molecule has 0 bridgehead atoms. The van der Waals surface area contributed by atoms with Crippen LogP contribution in [0.4, 0.5) is 0 Å². The highest BCUT2D eigenvalue weighted by molar-refractivity contribution is 4.84. The fourth-order valence-electron chi connectivity index (χ4n) is 4.53. The topological polar surface area (TPSA) is 21.3 Å². The molecule has 4 atom stereocenters. The number of nitrogens with one attached hydrogen (secondary N) is 1. The van der Waals surface area contributed by atoms with Crippen LogP contribution < -0.4 is 5.32 Å². The Labute approximate surface area is 119 Å². The third-order valence-corrected chi connectivity index (χ3v) is 5.22. The Morgan fingerprint density at radius 3 is 2.68 bits per heavy atom. The zero-order valence-electron chi connectivity index (χ0n) is 13.4. The molecule has 2 heteroatoms. The number of rotatable bonds is 5. The lowest BCUT2D eigenvalue weighted by molar-refractivity contribution is -0.0275. The van der Waals surface area contributed by atoms with Crippen molar-refractivity contribution in [2.75, 3.05) is 13.7 Å². The van der Waals surface area contributed by atoms with Crippen molar-refractivity contribution in [2.24, 2.45) is 17.3 Å². The van der Waals surface area contributed by atoms with E-state index in [4.69, 9.17) is 4.74 Å². The molecule has 2 aliphatic carbocycles. The Morgan fingerprint density at radius 2 is 2.00 bits per heavy atom. The van der Waals surface area contributed by atoms with E-state index in [0.717, 1.165) is 24.5 Å². The minimum absolute atomic E-state index is 0.475. The normalized spacial score (nSPS) is 38.5. The third kappa shape index (κ3) is 4.46. The van der Waals surface area contributed by atoms with E-state index in [2.05, 4.69) is 33.1 Å². The van der Waals surface area contributed by atoms with Crippen LogP contribution in [0.2, 0.25) is 0 Å². The maximum absolute atomic E-state index is 6.22. The Kier molecular flexibility index (Phi) is 5.30. The molecule has 0 spiro atoms. The molecule has 19 heavy (non-hydrogen) atoms. The minimum Gasteiger partial charge on any atom is -0.378 e. The second-order valence-electron chi connectivity index (χ2n) is 7.78. The van der Waals surface area contributed by atoms with Gasteiger partial charge in [-0.05, 0) is 62.8 Å². The van der Waals surface area contributed by atoms with Crippen molar-refractivity contribution >= 4 is 0 Å². The molecule has 2 fully saturated rings. The van der Waals surface area contributed by atoms with E-state index in [9.17, 15) is 0 Å². The molecule has 0 aromatic carbocycles. The van der Waals surface area contributed by atoms with E-state index in [1.54, 1.807) is 0 Å². The molecule has 2 aliphatic rings. The summed E-state index contributed by atoms with van der Waals surface area (Å²) in [5.74, 6) is 1.67. The Bertz CT molecular complexity index is 276. The van der Waals surface area contributed by atoms with Crippen LogP contribution in [-0.4, -0.2) is 25.8 Å². The third-order valence-electron chi connectivity index (χ3n) is 5.22. The molecule has 2 nitrogen and oxygen atoms in total. The van der Waals surface area contributed by atoms with E-state index in [0.29, 0.717) is 11.5 Å². The lowest BCUT2D eigenvalue weighted by Crippen LogP contribution is -2.34. The van der Waals surface area contributed by atoms with Crippen molar-refractivity contribution in [3.8, 4) is 0 Å². The predicted molar refractivity (Wildman–Crippen MR) is 81.3 cm³/mol. The Hall–Kier alpha value is -0.0800. The van der Waals surface area contributed by atoms with Crippen molar-refractivity contribution in [1.29, 1.82) is 0 Å². The van der Waals surface area contributed by atoms with E-state index in [1.165, 1.54) is 44.9 Å². The summed E-state index contributed by atoms with van der Waals surface area (Å²) in [6.07, 6.45) is 9.77. The summed E-state index contributed by atoms with van der Waals surface area (Å²) < 4.78 is 6.22. The summed E-state index contributed by atoms with van der Waals surface area (Å²) in [5, 5.41) is 3.47. The van der Waals surface area contributed by atoms with Gasteiger partial charge in [0, 0.05) is 12.6 Å². The van der Waals surface area contributed by atoms with Crippen LogP contribution in [0.5, 0.6) is 0 Å². The first-order valence-electron chi connectivity index (χ1n) is 8.29. The van der Waals surface area contributed by atoms with Crippen LogP contribution in [0.1, 0.15) is 65.7 Å². The molecule has 0 radical (unpaired) electrons. The second-order valence-corrected chi connectivity index (χ2v) is 7.78. The van der Waals surface area contributed by atoms with Crippen LogP contribution in [0.15, 0.2) is 0 Å². The average molecular weight is 267 g/mol. The van der Waals surface area contributed by atoms with E-state index in [-0.39, 0.29) is 0 Å². The maximum Gasteiger partial charge on any atom is 0.0582 e. The smallest absolute Gasteiger partial charge is 0.0582 e. The number of ether oxygens (including phenoxy) is 1. The summed E-state index contributed by atoms with van der Waals surface area (Å²) in [4.78, 5) is 0. The molecule has 0 aliphatic heterocycles. The highest BCUT2D eigenvalue weighted by Crippen LogP contribution is 2.40. The van der Waals surface area contributed by atoms with Gasteiger partial charge in [-0.2, -0.15) is 0 Å². The van der Waals surface area contributed by atoms with Gasteiger partial charge in [0.25, 0.3) is 0 Å². The molecule has 112 valence electrons. The van der Waals surface area contributed by atoms with Crippen LogP contribution in [-0.2, 0) is 4.74 Å². The molecule has 2 saturated carbocycles. The van der Waals surface area contributed by atoms with Gasteiger partial charge in [0.1, 0.15) is 0 Å². The first-order chi connectivity index (χ1) is 9.00. The summed E-state index contributed by atoms with van der Waals surface area (Å²) in [7, 11) is 2.11. The quantitative estimate of drug-likeness (QED) is 0.813. The van der Waals surface area contributed by atoms with Gasteiger partial charge in [-0.1, -0.05) is 27.2 Å². The molecule has 0 amide bonds. The van der Waals surface area contributed by atoms with Gasteiger partial charge in [-0.15, -0.1) is 0 Å². The highest BCUT2D eigenvalue weighted by atomic mass is 16.5. The highest BCUT2D eigenvalue weighted by Gasteiger charge is 2.33. The van der Waals surface area contributed by atoms with Gasteiger partial charge in [0.15, 0.2) is 0 Å². The van der Waals surface area contributed by atoms with Gasteiger partial charge in [-0.25, -0.2) is 0 Å². The maximum atomic E-state index is 6.22. The van der Waals surface area contributed by atoms with E-state index < -0.39 is 0 Å². The summed E-state index contributed by atoms with van der Waals surface area (Å²) in [6, 6.07) is 0.741. The zero-order valence-corrected chi connectivity index (χ0v) is 13.4. The van der Waals surface area contributed by atoms with Gasteiger partial charge in [-0.3, -0.25) is 0 Å².